The minimum absolute atomic E-state index is 0.164. The second-order valence-corrected chi connectivity index (χ2v) is 5.73. The van der Waals surface area contributed by atoms with Crippen LogP contribution in [0.15, 0.2) is 48.5 Å². The monoisotopic (exact) mass is 302 g/mol. The van der Waals surface area contributed by atoms with Gasteiger partial charge in [-0.2, -0.15) is 0 Å². The molecule has 1 fully saturated rings. The molecule has 21 heavy (non-hydrogen) atoms. The van der Waals surface area contributed by atoms with Crippen molar-refractivity contribution in [2.24, 2.45) is 0 Å². The minimum atomic E-state index is 0.164. The van der Waals surface area contributed by atoms with Gasteiger partial charge in [-0.15, -0.1) is 0 Å². The van der Waals surface area contributed by atoms with E-state index >= 15 is 0 Å². The van der Waals surface area contributed by atoms with Gasteiger partial charge in [-0.05, 0) is 23.8 Å². The molecule has 1 aliphatic rings. The van der Waals surface area contributed by atoms with Gasteiger partial charge in [-0.1, -0.05) is 41.9 Å². The predicted molar refractivity (Wildman–Crippen MR) is 87.0 cm³/mol. The van der Waals surface area contributed by atoms with Crippen molar-refractivity contribution in [2.45, 2.75) is 6.54 Å². The number of phenols is 1. The van der Waals surface area contributed by atoms with Crippen LogP contribution in [0.1, 0.15) is 5.56 Å². The van der Waals surface area contributed by atoms with Crippen molar-refractivity contribution in [1.82, 2.24) is 4.90 Å². The Morgan fingerprint density at radius 1 is 0.905 bits per heavy atom. The zero-order valence-electron chi connectivity index (χ0n) is 11.9. The van der Waals surface area contributed by atoms with Crippen molar-refractivity contribution >= 4 is 17.3 Å². The number of anilines is 1. The number of benzene rings is 2. The van der Waals surface area contributed by atoms with E-state index in [2.05, 4.69) is 34.1 Å². The van der Waals surface area contributed by atoms with Crippen LogP contribution in [0.5, 0.6) is 5.75 Å². The molecule has 4 heteroatoms. The van der Waals surface area contributed by atoms with Crippen LogP contribution < -0.4 is 4.90 Å². The molecule has 1 heterocycles. The Morgan fingerprint density at radius 2 is 1.62 bits per heavy atom. The first-order valence-electron chi connectivity index (χ1n) is 7.23. The summed E-state index contributed by atoms with van der Waals surface area (Å²) in [6.07, 6.45) is 0. The standard InChI is InChI=1S/C17H19ClN2O/c18-17-14(5-4-8-16(17)21)13-19-9-11-20(12-10-19)15-6-2-1-3-7-15/h1-8,21H,9-13H2. The van der Waals surface area contributed by atoms with Gasteiger partial charge in [0.25, 0.3) is 0 Å². The van der Waals surface area contributed by atoms with Gasteiger partial charge in [0.1, 0.15) is 5.75 Å². The Balaban J connectivity index is 1.60. The van der Waals surface area contributed by atoms with Crippen molar-refractivity contribution in [3.63, 3.8) is 0 Å². The Labute approximate surface area is 130 Å². The molecule has 2 aromatic carbocycles. The third-order valence-electron chi connectivity index (χ3n) is 3.95. The molecule has 2 aromatic rings. The molecule has 0 amide bonds. The zero-order valence-corrected chi connectivity index (χ0v) is 12.6. The first-order chi connectivity index (χ1) is 10.2. The molecular formula is C17H19ClN2O. The summed E-state index contributed by atoms with van der Waals surface area (Å²) in [6, 6.07) is 16.0. The van der Waals surface area contributed by atoms with Gasteiger partial charge in [0.2, 0.25) is 0 Å². The molecule has 0 spiro atoms. The Kier molecular flexibility index (Phi) is 4.32. The summed E-state index contributed by atoms with van der Waals surface area (Å²) in [5.41, 5.74) is 2.28. The van der Waals surface area contributed by atoms with Crippen LogP contribution in [0.3, 0.4) is 0 Å². The van der Waals surface area contributed by atoms with E-state index in [-0.39, 0.29) is 5.75 Å². The van der Waals surface area contributed by atoms with E-state index in [4.69, 9.17) is 11.6 Å². The van der Waals surface area contributed by atoms with Gasteiger partial charge in [-0.3, -0.25) is 4.90 Å². The first kappa shape index (κ1) is 14.2. The molecule has 110 valence electrons. The third kappa shape index (κ3) is 3.31. The minimum Gasteiger partial charge on any atom is -0.506 e. The summed E-state index contributed by atoms with van der Waals surface area (Å²) in [4.78, 5) is 4.78. The number of aromatic hydroxyl groups is 1. The second-order valence-electron chi connectivity index (χ2n) is 5.35. The van der Waals surface area contributed by atoms with Crippen molar-refractivity contribution in [1.29, 1.82) is 0 Å². The van der Waals surface area contributed by atoms with E-state index in [0.29, 0.717) is 5.02 Å². The molecule has 1 saturated heterocycles. The number of rotatable bonds is 3. The highest BCUT2D eigenvalue weighted by Crippen LogP contribution is 2.28. The number of hydrogen-bond acceptors (Lipinski definition) is 3. The zero-order chi connectivity index (χ0) is 14.7. The number of halogens is 1. The molecule has 0 aromatic heterocycles. The number of nitrogens with zero attached hydrogens (tertiary/aromatic N) is 2. The van der Waals surface area contributed by atoms with Gasteiger partial charge >= 0.3 is 0 Å². The van der Waals surface area contributed by atoms with E-state index in [1.165, 1.54) is 5.69 Å². The summed E-state index contributed by atoms with van der Waals surface area (Å²) in [7, 11) is 0. The Bertz CT molecular complexity index is 595. The van der Waals surface area contributed by atoms with Crippen LogP contribution >= 0.6 is 11.6 Å². The molecule has 1 N–H and O–H groups in total. The van der Waals surface area contributed by atoms with Crippen LogP contribution in [-0.4, -0.2) is 36.2 Å². The quantitative estimate of drug-likeness (QED) is 0.942. The summed E-state index contributed by atoms with van der Waals surface area (Å²) in [6.45, 7) is 4.82. The molecule has 0 bridgehead atoms. The van der Waals surface area contributed by atoms with Crippen LogP contribution in [0.2, 0.25) is 5.02 Å². The largest absolute Gasteiger partial charge is 0.506 e. The van der Waals surface area contributed by atoms with Crippen molar-refractivity contribution in [3.8, 4) is 5.75 Å². The first-order valence-corrected chi connectivity index (χ1v) is 7.60. The normalized spacial score (nSPS) is 16.1. The van der Waals surface area contributed by atoms with Gasteiger partial charge in [0.15, 0.2) is 0 Å². The summed E-state index contributed by atoms with van der Waals surface area (Å²) >= 11 is 6.15. The fourth-order valence-corrected chi connectivity index (χ4v) is 2.92. The second kappa shape index (κ2) is 6.37. The van der Waals surface area contributed by atoms with E-state index in [9.17, 15) is 5.11 Å². The highest BCUT2D eigenvalue weighted by Gasteiger charge is 2.18. The van der Waals surface area contributed by atoms with E-state index in [1.807, 2.05) is 18.2 Å². The van der Waals surface area contributed by atoms with Crippen LogP contribution in [0, 0.1) is 0 Å². The summed E-state index contributed by atoms with van der Waals surface area (Å²) in [5, 5.41) is 10.1. The third-order valence-corrected chi connectivity index (χ3v) is 4.38. The lowest BCUT2D eigenvalue weighted by atomic mass is 10.1. The van der Waals surface area contributed by atoms with Crippen LogP contribution in [-0.2, 0) is 6.54 Å². The van der Waals surface area contributed by atoms with Crippen LogP contribution in [0.25, 0.3) is 0 Å². The van der Waals surface area contributed by atoms with Crippen molar-refractivity contribution < 1.29 is 5.11 Å². The number of phenolic OH excluding ortho intramolecular Hbond substituents is 1. The Morgan fingerprint density at radius 3 is 2.33 bits per heavy atom. The number of piperazine rings is 1. The average Bonchev–Trinajstić information content (AvgIpc) is 2.53. The molecule has 0 unspecified atom stereocenters. The molecule has 0 atom stereocenters. The average molecular weight is 303 g/mol. The highest BCUT2D eigenvalue weighted by atomic mass is 35.5. The number of hydrogen-bond donors (Lipinski definition) is 1. The maximum Gasteiger partial charge on any atom is 0.134 e. The molecule has 1 aliphatic heterocycles. The molecule has 3 nitrogen and oxygen atoms in total. The van der Waals surface area contributed by atoms with Crippen molar-refractivity contribution in [3.05, 3.63) is 59.1 Å². The topological polar surface area (TPSA) is 26.7 Å². The van der Waals surface area contributed by atoms with E-state index in [1.54, 1.807) is 6.07 Å². The number of para-hydroxylation sites is 1. The van der Waals surface area contributed by atoms with Gasteiger partial charge < -0.3 is 10.0 Å². The van der Waals surface area contributed by atoms with Gasteiger partial charge in [0.05, 0.1) is 5.02 Å². The molecule has 0 aliphatic carbocycles. The maximum atomic E-state index is 9.66. The highest BCUT2D eigenvalue weighted by molar-refractivity contribution is 6.32. The molecular weight excluding hydrogens is 284 g/mol. The SMILES string of the molecule is Oc1cccc(CN2CCN(c3ccccc3)CC2)c1Cl. The summed E-state index contributed by atoms with van der Waals surface area (Å²) < 4.78 is 0. The fraction of sp³-hybridized carbons (Fsp3) is 0.294. The maximum absolute atomic E-state index is 9.66. The van der Waals surface area contributed by atoms with Gasteiger partial charge in [-0.25, -0.2) is 0 Å². The van der Waals surface area contributed by atoms with Crippen LogP contribution in [0.4, 0.5) is 5.69 Å². The lowest BCUT2D eigenvalue weighted by molar-refractivity contribution is 0.249. The Hall–Kier alpha value is -1.71. The van der Waals surface area contributed by atoms with E-state index in [0.717, 1.165) is 38.3 Å². The van der Waals surface area contributed by atoms with Gasteiger partial charge in [0, 0.05) is 38.4 Å². The summed E-state index contributed by atoms with van der Waals surface area (Å²) in [5.74, 6) is 0.164. The predicted octanol–water partition coefficient (Wildman–Crippen LogP) is 3.37. The lowest BCUT2D eigenvalue weighted by Gasteiger charge is -2.36. The molecule has 0 saturated carbocycles. The lowest BCUT2D eigenvalue weighted by Crippen LogP contribution is -2.45. The fourth-order valence-electron chi connectivity index (χ4n) is 2.73. The van der Waals surface area contributed by atoms with Crippen molar-refractivity contribution in [2.75, 3.05) is 31.1 Å². The smallest absolute Gasteiger partial charge is 0.134 e. The van der Waals surface area contributed by atoms with E-state index < -0.39 is 0 Å². The molecule has 0 radical (unpaired) electrons. The molecule has 3 rings (SSSR count).